The molecule has 5 nitrogen and oxygen atoms in total. The molecule has 0 saturated carbocycles. The van der Waals surface area contributed by atoms with Crippen LogP contribution >= 0.6 is 11.6 Å². The highest BCUT2D eigenvalue weighted by Gasteiger charge is 2.11. The van der Waals surface area contributed by atoms with Gasteiger partial charge < -0.3 is 5.32 Å². The molecule has 0 radical (unpaired) electrons. The minimum atomic E-state index is -0.191. The maximum absolute atomic E-state index is 12.2. The number of para-hydroxylation sites is 1. The summed E-state index contributed by atoms with van der Waals surface area (Å²) in [6.07, 6.45) is 2.47. The van der Waals surface area contributed by atoms with Crippen molar-refractivity contribution in [3.63, 3.8) is 0 Å². The molecule has 118 valence electrons. The number of pyridine rings is 1. The largest absolute Gasteiger partial charge is 0.346 e. The molecule has 1 aromatic carbocycles. The van der Waals surface area contributed by atoms with Crippen molar-refractivity contribution in [2.75, 3.05) is 0 Å². The summed E-state index contributed by atoms with van der Waals surface area (Å²) >= 11 is 5.73. The number of carbonyl (C=O) groups excluding carboxylic acids is 1. The van der Waals surface area contributed by atoms with E-state index in [1.165, 1.54) is 6.20 Å². The van der Waals surface area contributed by atoms with Crippen LogP contribution in [0.1, 0.15) is 29.4 Å². The second kappa shape index (κ2) is 6.79. The predicted octanol–water partition coefficient (Wildman–Crippen LogP) is 3.42. The van der Waals surface area contributed by atoms with E-state index in [1.54, 1.807) is 12.1 Å². The van der Waals surface area contributed by atoms with E-state index in [-0.39, 0.29) is 5.91 Å². The molecule has 0 aliphatic heterocycles. The van der Waals surface area contributed by atoms with Gasteiger partial charge in [-0.1, -0.05) is 36.7 Å². The van der Waals surface area contributed by atoms with Gasteiger partial charge in [0.05, 0.1) is 23.3 Å². The van der Waals surface area contributed by atoms with E-state index >= 15 is 0 Å². The molecule has 2 aromatic heterocycles. The van der Waals surface area contributed by atoms with Gasteiger partial charge in [-0.2, -0.15) is 5.10 Å². The third-order valence-electron chi connectivity index (χ3n) is 3.58. The molecule has 0 atom stereocenters. The topological polar surface area (TPSA) is 59.8 Å². The molecule has 2 heterocycles. The number of rotatable bonds is 5. The Balaban J connectivity index is 1.79. The molecule has 0 bridgehead atoms. The molecule has 0 aliphatic rings. The van der Waals surface area contributed by atoms with Gasteiger partial charge in [-0.15, -0.1) is 0 Å². The van der Waals surface area contributed by atoms with Crippen molar-refractivity contribution in [2.24, 2.45) is 0 Å². The van der Waals surface area contributed by atoms with Crippen LogP contribution in [0, 0.1) is 0 Å². The third kappa shape index (κ3) is 3.35. The average molecular weight is 329 g/mol. The lowest BCUT2D eigenvalue weighted by Crippen LogP contribution is -2.23. The SMILES string of the molecule is CCCn1nc(CNC(=O)c2ccc(Cl)nc2)c2ccccc21. The van der Waals surface area contributed by atoms with Crippen LogP contribution in [0.4, 0.5) is 0 Å². The van der Waals surface area contributed by atoms with Gasteiger partial charge >= 0.3 is 0 Å². The smallest absolute Gasteiger partial charge is 0.253 e. The fourth-order valence-electron chi connectivity index (χ4n) is 2.49. The van der Waals surface area contributed by atoms with E-state index in [0.29, 0.717) is 17.3 Å². The molecule has 1 amide bonds. The van der Waals surface area contributed by atoms with Crippen LogP contribution in [0.25, 0.3) is 10.9 Å². The molecule has 23 heavy (non-hydrogen) atoms. The van der Waals surface area contributed by atoms with E-state index in [1.807, 2.05) is 28.9 Å². The number of nitrogens with one attached hydrogen (secondary N) is 1. The number of fused-ring (bicyclic) bond motifs is 1. The number of amides is 1. The van der Waals surface area contributed by atoms with Gasteiger partial charge in [-0.05, 0) is 24.6 Å². The summed E-state index contributed by atoms with van der Waals surface area (Å²) in [6.45, 7) is 3.35. The maximum atomic E-state index is 12.2. The number of carbonyl (C=O) groups is 1. The summed E-state index contributed by atoms with van der Waals surface area (Å²) in [4.78, 5) is 16.1. The Morgan fingerprint density at radius 1 is 1.26 bits per heavy atom. The van der Waals surface area contributed by atoms with E-state index < -0.39 is 0 Å². The summed E-state index contributed by atoms with van der Waals surface area (Å²) in [5.74, 6) is -0.191. The number of hydrogen-bond acceptors (Lipinski definition) is 3. The van der Waals surface area contributed by atoms with Crippen LogP contribution in [0.3, 0.4) is 0 Å². The molecule has 3 rings (SSSR count). The molecule has 0 aliphatic carbocycles. The van der Waals surface area contributed by atoms with Gasteiger partial charge in [0.2, 0.25) is 0 Å². The van der Waals surface area contributed by atoms with Gasteiger partial charge in [0.15, 0.2) is 0 Å². The lowest BCUT2D eigenvalue weighted by Gasteiger charge is -2.03. The highest BCUT2D eigenvalue weighted by Crippen LogP contribution is 2.18. The number of aromatic nitrogens is 3. The van der Waals surface area contributed by atoms with E-state index in [9.17, 15) is 4.79 Å². The second-order valence-corrected chi connectivity index (χ2v) is 5.63. The Morgan fingerprint density at radius 2 is 2.09 bits per heavy atom. The summed E-state index contributed by atoms with van der Waals surface area (Å²) in [5, 5.41) is 8.94. The zero-order chi connectivity index (χ0) is 16.2. The Bertz CT molecular complexity index is 826. The van der Waals surface area contributed by atoms with Gasteiger partial charge in [-0.3, -0.25) is 9.48 Å². The number of nitrogens with zero attached hydrogens (tertiary/aromatic N) is 3. The van der Waals surface area contributed by atoms with Crippen LogP contribution < -0.4 is 5.32 Å². The van der Waals surface area contributed by atoms with Crippen LogP contribution in [0.5, 0.6) is 0 Å². The molecule has 3 aromatic rings. The van der Waals surface area contributed by atoms with Crippen LogP contribution in [-0.2, 0) is 13.1 Å². The highest BCUT2D eigenvalue weighted by molar-refractivity contribution is 6.29. The fraction of sp³-hybridized carbons (Fsp3) is 0.235. The molecule has 6 heteroatoms. The molecular weight excluding hydrogens is 312 g/mol. The normalized spacial score (nSPS) is 10.9. The third-order valence-corrected chi connectivity index (χ3v) is 3.80. The Kier molecular flexibility index (Phi) is 4.57. The van der Waals surface area contributed by atoms with Crippen molar-refractivity contribution in [3.8, 4) is 0 Å². The fourth-order valence-corrected chi connectivity index (χ4v) is 2.60. The molecule has 0 fully saturated rings. The van der Waals surface area contributed by atoms with Crippen molar-refractivity contribution in [2.45, 2.75) is 26.4 Å². The van der Waals surface area contributed by atoms with Gasteiger partial charge in [-0.25, -0.2) is 4.98 Å². The summed E-state index contributed by atoms with van der Waals surface area (Å²) in [5.41, 5.74) is 2.43. The second-order valence-electron chi connectivity index (χ2n) is 5.24. The van der Waals surface area contributed by atoms with Gasteiger partial charge in [0, 0.05) is 18.1 Å². The Morgan fingerprint density at radius 3 is 2.83 bits per heavy atom. The van der Waals surface area contributed by atoms with Crippen molar-refractivity contribution in [1.82, 2.24) is 20.1 Å². The van der Waals surface area contributed by atoms with Gasteiger partial charge in [0.25, 0.3) is 5.91 Å². The standard InChI is InChI=1S/C17H17ClN4O/c1-2-9-22-15-6-4-3-5-13(15)14(21-22)11-20-17(23)12-7-8-16(18)19-10-12/h3-8,10H,2,9,11H2,1H3,(H,20,23). The number of aryl methyl sites for hydroxylation is 1. The molecule has 0 unspecified atom stereocenters. The molecular formula is C17H17ClN4O. The minimum Gasteiger partial charge on any atom is -0.346 e. The van der Waals surface area contributed by atoms with Crippen LogP contribution in [0.2, 0.25) is 5.15 Å². The Labute approximate surface area is 139 Å². The lowest BCUT2D eigenvalue weighted by atomic mass is 10.2. The molecule has 0 spiro atoms. The number of benzene rings is 1. The molecule has 0 saturated heterocycles. The first kappa shape index (κ1) is 15.5. The van der Waals surface area contributed by atoms with Crippen molar-refractivity contribution in [1.29, 1.82) is 0 Å². The Hall–Kier alpha value is -2.40. The zero-order valence-electron chi connectivity index (χ0n) is 12.8. The highest BCUT2D eigenvalue weighted by atomic mass is 35.5. The van der Waals surface area contributed by atoms with E-state index in [0.717, 1.165) is 29.6 Å². The van der Waals surface area contributed by atoms with E-state index in [2.05, 4.69) is 22.3 Å². The van der Waals surface area contributed by atoms with Gasteiger partial charge in [0.1, 0.15) is 5.15 Å². The first-order valence-corrected chi connectivity index (χ1v) is 7.91. The zero-order valence-corrected chi connectivity index (χ0v) is 13.5. The average Bonchev–Trinajstić information content (AvgIpc) is 2.92. The quantitative estimate of drug-likeness (QED) is 0.730. The van der Waals surface area contributed by atoms with Crippen LogP contribution in [0.15, 0.2) is 42.6 Å². The van der Waals surface area contributed by atoms with Crippen molar-refractivity contribution >= 4 is 28.4 Å². The summed E-state index contributed by atoms with van der Waals surface area (Å²) in [6, 6.07) is 11.3. The first-order valence-electron chi connectivity index (χ1n) is 7.53. The van der Waals surface area contributed by atoms with Crippen molar-refractivity contribution in [3.05, 3.63) is 59.0 Å². The van der Waals surface area contributed by atoms with E-state index in [4.69, 9.17) is 11.6 Å². The number of hydrogen-bond donors (Lipinski definition) is 1. The first-order chi connectivity index (χ1) is 11.2. The van der Waals surface area contributed by atoms with Crippen LogP contribution in [-0.4, -0.2) is 20.7 Å². The van der Waals surface area contributed by atoms with Crippen molar-refractivity contribution < 1.29 is 4.79 Å². The minimum absolute atomic E-state index is 0.191. The monoisotopic (exact) mass is 328 g/mol. The summed E-state index contributed by atoms with van der Waals surface area (Å²) < 4.78 is 1.99. The lowest BCUT2D eigenvalue weighted by molar-refractivity contribution is 0.0950. The predicted molar refractivity (Wildman–Crippen MR) is 90.4 cm³/mol. The summed E-state index contributed by atoms with van der Waals surface area (Å²) in [7, 11) is 0. The molecule has 1 N–H and O–H groups in total. The maximum Gasteiger partial charge on any atom is 0.253 e. The number of halogens is 1.